The Bertz CT molecular complexity index is 494. The molecule has 1 aromatic carbocycles. The fraction of sp³-hybridized carbons (Fsp3) is 0.214. The average Bonchev–Trinajstić information content (AvgIpc) is 2.35. The van der Waals surface area contributed by atoms with E-state index in [1.807, 2.05) is 12.1 Å². The van der Waals surface area contributed by atoms with Gasteiger partial charge in [0.2, 0.25) is 0 Å². The molecule has 1 heterocycles. The van der Waals surface area contributed by atoms with Crippen LogP contribution in [0.25, 0.3) is 0 Å². The number of pyridine rings is 1. The summed E-state index contributed by atoms with van der Waals surface area (Å²) in [4.78, 5) is 3.90. The molecule has 0 bridgehead atoms. The van der Waals surface area contributed by atoms with E-state index in [4.69, 9.17) is 5.73 Å². The fourth-order valence-electron chi connectivity index (χ4n) is 1.88. The van der Waals surface area contributed by atoms with Gasteiger partial charge in [0.25, 0.3) is 0 Å². The topological polar surface area (TPSA) is 38.9 Å². The van der Waals surface area contributed by atoms with Gasteiger partial charge in [-0.2, -0.15) is 0 Å². The Morgan fingerprint density at radius 3 is 2.22 bits per heavy atom. The van der Waals surface area contributed by atoms with Crippen LogP contribution in [0, 0.1) is 11.6 Å². The molecule has 2 nitrogen and oxygen atoms in total. The van der Waals surface area contributed by atoms with Crippen LogP contribution < -0.4 is 5.73 Å². The Morgan fingerprint density at radius 2 is 1.61 bits per heavy atom. The van der Waals surface area contributed by atoms with Gasteiger partial charge in [-0.1, -0.05) is 6.07 Å². The smallest absolute Gasteiger partial charge is 0.129 e. The third kappa shape index (κ3) is 3.11. The van der Waals surface area contributed by atoms with E-state index in [2.05, 4.69) is 4.98 Å². The first-order valence-electron chi connectivity index (χ1n) is 5.74. The normalized spacial score (nSPS) is 12.4. The Hall–Kier alpha value is -1.81. The predicted octanol–water partition coefficient (Wildman–Crippen LogP) is 2.47. The second-order valence-electron chi connectivity index (χ2n) is 4.22. The number of aromatic nitrogens is 1. The van der Waals surface area contributed by atoms with Crippen molar-refractivity contribution in [2.45, 2.75) is 18.9 Å². The van der Waals surface area contributed by atoms with Gasteiger partial charge in [-0.3, -0.25) is 4.98 Å². The minimum atomic E-state index is -0.542. The van der Waals surface area contributed by atoms with Crippen molar-refractivity contribution in [3.63, 3.8) is 0 Å². The molecule has 2 aromatic rings. The predicted molar refractivity (Wildman–Crippen MR) is 66.0 cm³/mol. The maximum absolute atomic E-state index is 13.4. The first-order chi connectivity index (χ1) is 8.66. The maximum Gasteiger partial charge on any atom is 0.129 e. The molecule has 2 rings (SSSR count). The summed E-state index contributed by atoms with van der Waals surface area (Å²) < 4.78 is 26.9. The molecule has 0 saturated heterocycles. The summed E-state index contributed by atoms with van der Waals surface area (Å²) in [5, 5.41) is 0. The largest absolute Gasteiger partial charge is 0.327 e. The van der Waals surface area contributed by atoms with Gasteiger partial charge in [-0.05, 0) is 42.7 Å². The maximum atomic E-state index is 13.4. The summed E-state index contributed by atoms with van der Waals surface area (Å²) in [7, 11) is 0. The zero-order valence-corrected chi connectivity index (χ0v) is 9.81. The number of hydrogen-bond acceptors (Lipinski definition) is 2. The summed E-state index contributed by atoms with van der Waals surface area (Å²) in [5.74, 6) is -1.08. The summed E-state index contributed by atoms with van der Waals surface area (Å²) >= 11 is 0. The molecule has 2 N–H and O–H groups in total. The van der Waals surface area contributed by atoms with Gasteiger partial charge in [0, 0.05) is 24.0 Å². The third-order valence-electron chi connectivity index (χ3n) is 2.78. The Labute approximate surface area is 104 Å². The van der Waals surface area contributed by atoms with E-state index >= 15 is 0 Å². The highest BCUT2D eigenvalue weighted by atomic mass is 19.1. The van der Waals surface area contributed by atoms with Gasteiger partial charge in [0.05, 0.1) is 0 Å². The van der Waals surface area contributed by atoms with Crippen LogP contribution in [0.2, 0.25) is 0 Å². The summed E-state index contributed by atoms with van der Waals surface area (Å²) in [6, 6.07) is 7.21. The second-order valence-corrected chi connectivity index (χ2v) is 4.22. The van der Waals surface area contributed by atoms with E-state index in [0.29, 0.717) is 6.42 Å². The molecule has 0 aliphatic carbocycles. The summed E-state index contributed by atoms with van der Waals surface area (Å²) in [5.41, 5.74) is 6.99. The fourth-order valence-corrected chi connectivity index (χ4v) is 1.88. The van der Waals surface area contributed by atoms with Crippen LogP contribution in [-0.2, 0) is 12.8 Å². The molecule has 1 aromatic heterocycles. The van der Waals surface area contributed by atoms with E-state index in [0.717, 1.165) is 5.56 Å². The molecule has 0 fully saturated rings. The number of nitrogens with zero attached hydrogens (tertiary/aromatic N) is 1. The van der Waals surface area contributed by atoms with Gasteiger partial charge >= 0.3 is 0 Å². The highest BCUT2D eigenvalue weighted by Gasteiger charge is 2.13. The van der Waals surface area contributed by atoms with Crippen LogP contribution in [0.5, 0.6) is 0 Å². The van der Waals surface area contributed by atoms with Crippen LogP contribution in [0.4, 0.5) is 8.78 Å². The highest BCUT2D eigenvalue weighted by Crippen LogP contribution is 2.15. The molecule has 0 aliphatic heterocycles. The zero-order valence-electron chi connectivity index (χ0n) is 9.81. The third-order valence-corrected chi connectivity index (χ3v) is 2.78. The molecule has 1 unspecified atom stereocenters. The van der Waals surface area contributed by atoms with E-state index in [1.54, 1.807) is 12.4 Å². The minimum absolute atomic E-state index is 0.0547. The molecule has 94 valence electrons. The standard InChI is InChI=1S/C14H14F2N2/c15-13-2-1-3-14(16)12(13)9-11(17)8-10-4-6-18-7-5-10/h1-7,11H,8-9,17H2. The van der Waals surface area contributed by atoms with Crippen molar-refractivity contribution in [2.24, 2.45) is 5.73 Å². The van der Waals surface area contributed by atoms with E-state index in [9.17, 15) is 8.78 Å². The van der Waals surface area contributed by atoms with Crippen LogP contribution >= 0.6 is 0 Å². The lowest BCUT2D eigenvalue weighted by Gasteiger charge is -2.12. The van der Waals surface area contributed by atoms with Crippen LogP contribution in [0.3, 0.4) is 0 Å². The monoisotopic (exact) mass is 248 g/mol. The van der Waals surface area contributed by atoms with Gasteiger partial charge in [-0.25, -0.2) is 8.78 Å². The van der Waals surface area contributed by atoms with Crippen molar-refractivity contribution < 1.29 is 8.78 Å². The summed E-state index contributed by atoms with van der Waals surface area (Å²) in [6.45, 7) is 0. The van der Waals surface area contributed by atoms with E-state index in [1.165, 1.54) is 18.2 Å². The Morgan fingerprint density at radius 1 is 1.00 bits per heavy atom. The number of benzene rings is 1. The molecule has 4 heteroatoms. The number of hydrogen-bond donors (Lipinski definition) is 1. The van der Waals surface area contributed by atoms with E-state index < -0.39 is 11.6 Å². The first-order valence-corrected chi connectivity index (χ1v) is 5.74. The summed E-state index contributed by atoms with van der Waals surface area (Å²) in [6.07, 6.45) is 4.09. The van der Waals surface area contributed by atoms with E-state index in [-0.39, 0.29) is 18.0 Å². The lowest BCUT2D eigenvalue weighted by Crippen LogP contribution is -2.26. The molecule has 0 amide bonds. The first kappa shape index (κ1) is 12.6. The van der Waals surface area contributed by atoms with Gasteiger partial charge in [-0.15, -0.1) is 0 Å². The van der Waals surface area contributed by atoms with Gasteiger partial charge < -0.3 is 5.73 Å². The molecule has 0 spiro atoms. The average molecular weight is 248 g/mol. The Balaban J connectivity index is 2.06. The molecule has 0 radical (unpaired) electrons. The van der Waals surface area contributed by atoms with Crippen LogP contribution in [0.15, 0.2) is 42.7 Å². The van der Waals surface area contributed by atoms with Crippen LogP contribution in [-0.4, -0.2) is 11.0 Å². The number of halogens is 2. The number of nitrogens with two attached hydrogens (primary N) is 1. The van der Waals surface area contributed by atoms with Crippen LogP contribution in [0.1, 0.15) is 11.1 Å². The minimum Gasteiger partial charge on any atom is -0.327 e. The van der Waals surface area contributed by atoms with Crippen molar-refractivity contribution >= 4 is 0 Å². The second kappa shape index (κ2) is 5.69. The zero-order chi connectivity index (χ0) is 13.0. The van der Waals surface area contributed by atoms with Crippen molar-refractivity contribution in [1.29, 1.82) is 0 Å². The molecule has 18 heavy (non-hydrogen) atoms. The Kier molecular flexibility index (Phi) is 3.99. The quantitative estimate of drug-likeness (QED) is 0.902. The lowest BCUT2D eigenvalue weighted by molar-refractivity contribution is 0.533. The highest BCUT2D eigenvalue weighted by molar-refractivity contribution is 5.21. The number of rotatable bonds is 4. The van der Waals surface area contributed by atoms with Crippen molar-refractivity contribution in [2.75, 3.05) is 0 Å². The SMILES string of the molecule is NC(Cc1ccncc1)Cc1c(F)cccc1F. The lowest BCUT2D eigenvalue weighted by atomic mass is 10.00. The molecular weight excluding hydrogens is 234 g/mol. The van der Waals surface area contributed by atoms with Crippen molar-refractivity contribution in [1.82, 2.24) is 4.98 Å². The molecule has 0 aliphatic rings. The molecule has 1 atom stereocenters. The van der Waals surface area contributed by atoms with Crippen molar-refractivity contribution in [3.05, 3.63) is 65.5 Å². The van der Waals surface area contributed by atoms with Crippen molar-refractivity contribution in [3.8, 4) is 0 Å². The molecule has 0 saturated carbocycles. The molecular formula is C14H14F2N2. The van der Waals surface area contributed by atoms with Gasteiger partial charge in [0.1, 0.15) is 11.6 Å². The van der Waals surface area contributed by atoms with Gasteiger partial charge in [0.15, 0.2) is 0 Å².